The standard InChI is InChI=1S/C22H22NO.C21H20NO.C20H18NO.C19H16NO/c1-14(2)16-9-10-23(4)20(12-16)18-13-22-19(11-15(18)3)17-7-5-6-8-21(17)24-22;1-4-15-9-10-22(3)19(12-15)17-13-21-18(11-14(17)2)16-7-5-6-8-20(16)23-21;1-13-8-9-21(3)18(10-13)16-12-20-17(11-14(16)2)15-6-4-5-7-19(15)22-20;1-13-11-16-14-7-3-4-9-18(14)21-19(16)12-15(13)17-8-5-6-10-20(17)2/h5-14H,1-4H3;5-13H,4H2,1-3H3;4-12H,1-3H3;3-12H,1-2H3/q4*+1. The van der Waals surface area contributed by atoms with Crippen LogP contribution in [-0.2, 0) is 34.6 Å². The summed E-state index contributed by atoms with van der Waals surface area (Å²) in [5, 5.41) is 9.48. The Morgan fingerprint density at radius 3 is 1.02 bits per heavy atom. The van der Waals surface area contributed by atoms with Gasteiger partial charge in [-0.3, -0.25) is 0 Å². The number of furan rings is 4. The molecule has 16 rings (SSSR count). The largest absolute Gasteiger partial charge is 0.456 e. The van der Waals surface area contributed by atoms with Gasteiger partial charge >= 0.3 is 0 Å². The van der Waals surface area contributed by atoms with E-state index >= 15 is 0 Å². The van der Waals surface area contributed by atoms with Gasteiger partial charge in [-0.25, -0.2) is 18.3 Å². The van der Waals surface area contributed by atoms with E-state index in [1.807, 2.05) is 54.6 Å². The third-order valence-corrected chi connectivity index (χ3v) is 17.8. The summed E-state index contributed by atoms with van der Waals surface area (Å²) in [6, 6.07) is 70.0. The summed E-state index contributed by atoms with van der Waals surface area (Å²) in [6.45, 7) is 17.5. The molecule has 8 heteroatoms. The zero-order valence-electron chi connectivity index (χ0n) is 53.6. The maximum Gasteiger partial charge on any atom is 0.212 e. The van der Waals surface area contributed by atoms with Gasteiger partial charge < -0.3 is 17.7 Å². The van der Waals surface area contributed by atoms with Crippen molar-refractivity contribution in [1.82, 2.24) is 0 Å². The van der Waals surface area contributed by atoms with Crippen LogP contribution >= 0.6 is 0 Å². The second-order valence-corrected chi connectivity index (χ2v) is 24.4. The van der Waals surface area contributed by atoms with Crippen LogP contribution in [0.5, 0.6) is 0 Å². The van der Waals surface area contributed by atoms with Gasteiger partial charge in [0, 0.05) is 91.6 Å². The average Bonchev–Trinajstić information content (AvgIpc) is 1.67. The van der Waals surface area contributed by atoms with Gasteiger partial charge in [0.05, 0.1) is 22.3 Å². The number of hydrogen-bond acceptors (Lipinski definition) is 4. The van der Waals surface area contributed by atoms with Crippen molar-refractivity contribution in [2.45, 2.75) is 67.7 Å². The van der Waals surface area contributed by atoms with E-state index in [1.165, 1.54) is 127 Å². The second-order valence-electron chi connectivity index (χ2n) is 24.4. The normalized spacial score (nSPS) is 11.5. The molecule has 8 nitrogen and oxygen atoms in total. The van der Waals surface area contributed by atoms with Gasteiger partial charge in [-0.05, 0) is 165 Å². The van der Waals surface area contributed by atoms with Gasteiger partial charge in [0.25, 0.3) is 0 Å². The number of rotatable bonds is 6. The highest BCUT2D eigenvalue weighted by molar-refractivity contribution is 6.09. The monoisotopic (exact) mass is 1180 g/mol. The molecule has 0 aliphatic heterocycles. The zero-order chi connectivity index (χ0) is 62.5. The molecule has 0 fully saturated rings. The Kier molecular flexibility index (Phi) is 15.8. The summed E-state index contributed by atoms with van der Waals surface area (Å²) >= 11 is 0. The van der Waals surface area contributed by atoms with E-state index < -0.39 is 0 Å². The Balaban J connectivity index is 0.000000110. The van der Waals surface area contributed by atoms with Gasteiger partial charge in [0.1, 0.15) is 72.9 Å². The Morgan fingerprint density at radius 2 is 0.633 bits per heavy atom. The molecule has 0 saturated carbocycles. The van der Waals surface area contributed by atoms with Crippen LogP contribution in [0, 0.1) is 34.6 Å². The van der Waals surface area contributed by atoms with Crippen LogP contribution < -0.4 is 18.3 Å². The van der Waals surface area contributed by atoms with E-state index in [4.69, 9.17) is 17.7 Å². The topological polar surface area (TPSA) is 68.1 Å². The van der Waals surface area contributed by atoms with E-state index in [2.05, 4.69) is 272 Å². The van der Waals surface area contributed by atoms with Gasteiger partial charge in [0.2, 0.25) is 22.8 Å². The van der Waals surface area contributed by atoms with Crippen LogP contribution in [0.25, 0.3) is 133 Å². The predicted molar refractivity (Wildman–Crippen MR) is 368 cm³/mol. The SMILES string of the molecule is CCc1cc[n+](C)c(-c2cc3oc4ccccc4c3cc2C)c1.Cc1cc2c(cc1-c1cc(C(C)C)cc[n+]1C)oc1ccccc12.Cc1cc2c(cc1-c1cccc[n+]1C)oc1ccccc12.Cc1cc[n+](C)c(-c2cc3oc4ccccc4c3cc2C)c1. The minimum absolute atomic E-state index is 0.514. The Morgan fingerprint density at radius 1 is 0.300 bits per heavy atom. The number of pyridine rings is 4. The number of para-hydroxylation sites is 4. The minimum atomic E-state index is 0.514. The molecule has 8 aromatic carbocycles. The van der Waals surface area contributed by atoms with Crippen LogP contribution in [0.4, 0.5) is 0 Å². The van der Waals surface area contributed by atoms with E-state index in [0.29, 0.717) is 5.92 Å². The first kappa shape index (κ1) is 58.6. The van der Waals surface area contributed by atoms with Gasteiger partial charge in [0.15, 0.2) is 24.8 Å². The molecule has 0 spiro atoms. The molecule has 0 saturated heterocycles. The summed E-state index contributed by atoms with van der Waals surface area (Å²) in [7, 11) is 8.34. The van der Waals surface area contributed by atoms with Crippen molar-refractivity contribution in [1.29, 1.82) is 0 Å². The lowest BCUT2D eigenvalue weighted by molar-refractivity contribution is -0.660. The smallest absolute Gasteiger partial charge is 0.212 e. The summed E-state index contributed by atoms with van der Waals surface area (Å²) in [5.41, 5.74) is 26.4. The second kappa shape index (κ2) is 24.3. The first-order valence-corrected chi connectivity index (χ1v) is 31.2. The average molecular weight is 1180 g/mol. The van der Waals surface area contributed by atoms with Crippen molar-refractivity contribution in [2.24, 2.45) is 28.2 Å². The van der Waals surface area contributed by atoms with Crippen LogP contribution in [0.15, 0.2) is 243 Å². The van der Waals surface area contributed by atoms with E-state index in [1.54, 1.807) is 0 Å². The third kappa shape index (κ3) is 11.2. The predicted octanol–water partition coefficient (Wildman–Crippen LogP) is 19.5. The van der Waals surface area contributed by atoms with Crippen LogP contribution in [0.1, 0.15) is 65.6 Å². The fourth-order valence-corrected chi connectivity index (χ4v) is 12.7. The van der Waals surface area contributed by atoms with Crippen molar-refractivity contribution < 1.29 is 35.9 Å². The Hall–Kier alpha value is -10.4. The highest BCUT2D eigenvalue weighted by atomic mass is 16.3. The molecular weight excluding hydrogens is 1100 g/mol. The molecule has 0 unspecified atom stereocenters. The highest BCUT2D eigenvalue weighted by Gasteiger charge is 2.22. The maximum atomic E-state index is 6.08. The van der Waals surface area contributed by atoms with Gasteiger partial charge in [-0.2, -0.15) is 0 Å². The lowest BCUT2D eigenvalue weighted by Gasteiger charge is -2.09. The lowest BCUT2D eigenvalue weighted by atomic mass is 9.97. The van der Waals surface area contributed by atoms with Crippen molar-refractivity contribution >= 4 is 87.8 Å². The van der Waals surface area contributed by atoms with Crippen molar-refractivity contribution in [3.8, 4) is 45.0 Å². The molecule has 0 atom stereocenters. The van der Waals surface area contributed by atoms with Gasteiger partial charge in [-0.15, -0.1) is 0 Å². The molecule has 0 aliphatic carbocycles. The van der Waals surface area contributed by atoms with E-state index in [-0.39, 0.29) is 0 Å². The number of benzene rings is 8. The quantitative estimate of drug-likeness (QED) is 0.156. The molecule has 0 amide bonds. The number of nitrogens with zero attached hydrogens (tertiary/aromatic N) is 4. The lowest BCUT2D eigenvalue weighted by Crippen LogP contribution is -2.30. The highest BCUT2D eigenvalue weighted by Crippen LogP contribution is 2.38. The molecule has 8 heterocycles. The van der Waals surface area contributed by atoms with E-state index in [9.17, 15) is 0 Å². The van der Waals surface area contributed by atoms with Crippen LogP contribution in [0.2, 0.25) is 0 Å². The minimum Gasteiger partial charge on any atom is -0.456 e. The molecule has 0 aliphatic rings. The fraction of sp³-hybridized carbons (Fsp3) is 0.171. The summed E-state index contributed by atoms with van der Waals surface area (Å²) < 4.78 is 32.8. The van der Waals surface area contributed by atoms with E-state index in [0.717, 1.165) is 51.1 Å². The molecule has 0 radical (unpaired) electrons. The number of aryl methyl sites for hydroxylation is 10. The Bertz CT molecular complexity index is 5400. The number of fused-ring (bicyclic) bond motifs is 12. The molecule has 90 heavy (non-hydrogen) atoms. The first-order valence-electron chi connectivity index (χ1n) is 31.2. The fourth-order valence-electron chi connectivity index (χ4n) is 12.7. The zero-order valence-corrected chi connectivity index (χ0v) is 53.6. The number of hydrogen-bond donors (Lipinski definition) is 0. The maximum absolute atomic E-state index is 6.08. The third-order valence-electron chi connectivity index (χ3n) is 17.8. The molecule has 0 N–H and O–H groups in total. The number of aromatic nitrogens is 4. The van der Waals surface area contributed by atoms with Crippen LogP contribution in [-0.4, -0.2) is 0 Å². The van der Waals surface area contributed by atoms with Crippen molar-refractivity contribution in [2.75, 3.05) is 0 Å². The Labute approximate surface area is 525 Å². The van der Waals surface area contributed by atoms with Crippen molar-refractivity contribution in [3.05, 3.63) is 264 Å². The summed E-state index contributed by atoms with van der Waals surface area (Å²) in [4.78, 5) is 0. The molecule has 8 aromatic heterocycles. The van der Waals surface area contributed by atoms with Gasteiger partial charge in [-0.1, -0.05) is 93.6 Å². The molecule has 444 valence electrons. The molecule has 0 bridgehead atoms. The summed E-state index contributed by atoms with van der Waals surface area (Å²) in [5.74, 6) is 0.514. The first-order chi connectivity index (χ1) is 43.6. The molecular formula is C82H76N4O4+4. The summed E-state index contributed by atoms with van der Waals surface area (Å²) in [6.07, 6.45) is 9.49. The molecule has 16 aromatic rings. The van der Waals surface area contributed by atoms with Crippen molar-refractivity contribution in [3.63, 3.8) is 0 Å². The van der Waals surface area contributed by atoms with Crippen LogP contribution in [0.3, 0.4) is 0 Å².